The maximum atomic E-state index is 15.1. The minimum atomic E-state index is -4.84. The van der Waals surface area contributed by atoms with Crippen LogP contribution in [0.25, 0.3) is 0 Å². The van der Waals surface area contributed by atoms with Crippen molar-refractivity contribution in [3.63, 3.8) is 0 Å². The SMILES string of the molecule is CC(C)n1nccc1C(=O)N[C@H](C(=O)Nc1ccc([C@H](C)C(=O)N[C@H](CO)C(F)(F)F)cc1F)C(C1CC1)C1CC1. The molecule has 0 saturated heterocycles. The Morgan fingerprint density at radius 1 is 1.02 bits per heavy atom. The number of halogens is 4. The van der Waals surface area contributed by atoms with Crippen LogP contribution in [0, 0.1) is 23.6 Å². The fourth-order valence-corrected chi connectivity index (χ4v) is 5.14. The van der Waals surface area contributed by atoms with E-state index in [1.807, 2.05) is 13.8 Å². The summed E-state index contributed by atoms with van der Waals surface area (Å²) in [6, 6.07) is 1.66. The molecule has 2 aliphatic rings. The lowest BCUT2D eigenvalue weighted by molar-refractivity contribution is -0.168. The van der Waals surface area contributed by atoms with Crippen LogP contribution in [0.5, 0.6) is 0 Å². The van der Waals surface area contributed by atoms with Crippen LogP contribution in [-0.2, 0) is 9.59 Å². The zero-order valence-corrected chi connectivity index (χ0v) is 23.0. The number of benzene rings is 1. The zero-order chi connectivity index (χ0) is 30.1. The third-order valence-electron chi connectivity index (χ3n) is 7.72. The Morgan fingerprint density at radius 3 is 2.17 bits per heavy atom. The van der Waals surface area contributed by atoms with Gasteiger partial charge in [-0.2, -0.15) is 18.3 Å². The third-order valence-corrected chi connectivity index (χ3v) is 7.72. The van der Waals surface area contributed by atoms with Crippen molar-refractivity contribution in [2.45, 2.75) is 76.7 Å². The first-order valence-electron chi connectivity index (χ1n) is 13.7. The van der Waals surface area contributed by atoms with Crippen molar-refractivity contribution in [1.82, 2.24) is 20.4 Å². The minimum absolute atomic E-state index is 0.0810. The van der Waals surface area contributed by atoms with E-state index in [-0.39, 0.29) is 35.0 Å². The Bertz CT molecular complexity index is 1260. The van der Waals surface area contributed by atoms with Gasteiger partial charge in [0.15, 0.2) is 0 Å². The largest absolute Gasteiger partial charge is 0.410 e. The fourth-order valence-electron chi connectivity index (χ4n) is 5.14. The van der Waals surface area contributed by atoms with E-state index in [0.29, 0.717) is 5.69 Å². The van der Waals surface area contributed by atoms with Crippen molar-refractivity contribution in [1.29, 1.82) is 0 Å². The molecule has 1 aromatic heterocycles. The predicted octanol–water partition coefficient (Wildman–Crippen LogP) is 3.92. The molecular formula is C28H35F4N5O4. The summed E-state index contributed by atoms with van der Waals surface area (Å²) in [7, 11) is 0. The number of aliphatic hydroxyl groups excluding tert-OH is 1. The van der Waals surface area contributed by atoms with Crippen LogP contribution in [0.15, 0.2) is 30.5 Å². The number of aromatic nitrogens is 2. The molecule has 1 aromatic carbocycles. The molecule has 3 amide bonds. The number of hydrogen-bond acceptors (Lipinski definition) is 5. The number of nitrogens with one attached hydrogen (secondary N) is 3. The molecule has 9 nitrogen and oxygen atoms in total. The van der Waals surface area contributed by atoms with Crippen molar-refractivity contribution >= 4 is 23.4 Å². The van der Waals surface area contributed by atoms with Gasteiger partial charge in [-0.25, -0.2) is 4.39 Å². The summed E-state index contributed by atoms with van der Waals surface area (Å²) in [4.78, 5) is 39.2. The molecule has 13 heteroatoms. The van der Waals surface area contributed by atoms with Crippen LogP contribution in [-0.4, -0.2) is 57.5 Å². The Labute approximate surface area is 235 Å². The molecule has 2 saturated carbocycles. The smallest absolute Gasteiger partial charge is 0.394 e. The van der Waals surface area contributed by atoms with Crippen molar-refractivity contribution in [2.75, 3.05) is 11.9 Å². The standard InChI is InChI=1S/C28H35F4N5O4/c1-14(2)37-21(10-11-33-37)26(40)36-24(23(16-4-5-16)17-6-7-17)27(41)34-20-9-8-18(12-19(20)29)15(3)25(39)35-22(13-38)28(30,31)32/h8-12,14-17,22-24,38H,4-7,13H2,1-3H3,(H,34,41)(H,35,39)(H,36,40)/t15-,22+,24-/m0/s1. The highest BCUT2D eigenvalue weighted by Gasteiger charge is 2.48. The summed E-state index contributed by atoms with van der Waals surface area (Å²) in [5, 5.41) is 20.3. The molecule has 2 fully saturated rings. The van der Waals surface area contributed by atoms with Gasteiger partial charge >= 0.3 is 6.18 Å². The Hall–Kier alpha value is -3.48. The number of anilines is 1. The number of aliphatic hydroxyl groups is 1. The molecule has 2 aliphatic carbocycles. The predicted molar refractivity (Wildman–Crippen MR) is 141 cm³/mol. The number of carbonyl (C=O) groups excluding carboxylic acids is 3. The van der Waals surface area contributed by atoms with E-state index in [0.717, 1.165) is 31.7 Å². The average Bonchev–Trinajstić information content (AvgIpc) is 3.85. The minimum Gasteiger partial charge on any atom is -0.394 e. The summed E-state index contributed by atoms with van der Waals surface area (Å²) in [5.74, 6) is -3.69. The lowest BCUT2D eigenvalue weighted by atomic mass is 9.88. The van der Waals surface area contributed by atoms with Crippen LogP contribution < -0.4 is 16.0 Å². The molecular weight excluding hydrogens is 546 g/mol. The molecule has 0 bridgehead atoms. The van der Waals surface area contributed by atoms with E-state index in [1.54, 1.807) is 16.1 Å². The Balaban J connectivity index is 1.50. The maximum Gasteiger partial charge on any atom is 0.410 e. The van der Waals surface area contributed by atoms with Gasteiger partial charge in [-0.3, -0.25) is 19.1 Å². The van der Waals surface area contributed by atoms with Crippen LogP contribution >= 0.6 is 0 Å². The molecule has 41 heavy (non-hydrogen) atoms. The lowest BCUT2D eigenvalue weighted by Gasteiger charge is -2.28. The number of amides is 3. The molecule has 2 aromatic rings. The van der Waals surface area contributed by atoms with Gasteiger partial charge in [-0.1, -0.05) is 6.07 Å². The summed E-state index contributed by atoms with van der Waals surface area (Å²) in [6.45, 7) is 3.73. The van der Waals surface area contributed by atoms with E-state index in [9.17, 15) is 27.6 Å². The lowest BCUT2D eigenvalue weighted by Crippen LogP contribution is -2.50. The second-order valence-corrected chi connectivity index (χ2v) is 11.2. The van der Waals surface area contributed by atoms with Gasteiger partial charge in [0.2, 0.25) is 11.8 Å². The average molecular weight is 582 g/mol. The van der Waals surface area contributed by atoms with Gasteiger partial charge in [0.25, 0.3) is 5.91 Å². The topological polar surface area (TPSA) is 125 Å². The summed E-state index contributed by atoms with van der Waals surface area (Å²) in [6.07, 6.45) is 0.439. The molecule has 0 aliphatic heterocycles. The first kappa shape index (κ1) is 30.5. The van der Waals surface area contributed by atoms with Crippen LogP contribution in [0.3, 0.4) is 0 Å². The normalized spacial score (nSPS) is 17.7. The number of nitrogens with zero attached hydrogens (tertiary/aromatic N) is 2. The second-order valence-electron chi connectivity index (χ2n) is 11.2. The molecule has 224 valence electrons. The van der Waals surface area contributed by atoms with Gasteiger partial charge in [-0.15, -0.1) is 0 Å². The van der Waals surface area contributed by atoms with Crippen LogP contribution in [0.2, 0.25) is 0 Å². The monoisotopic (exact) mass is 581 g/mol. The number of alkyl halides is 3. The maximum absolute atomic E-state index is 15.1. The Morgan fingerprint density at radius 2 is 1.66 bits per heavy atom. The van der Waals surface area contributed by atoms with Crippen molar-refractivity contribution in [3.05, 3.63) is 47.5 Å². The molecule has 4 rings (SSSR count). The van der Waals surface area contributed by atoms with Gasteiger partial charge in [0.05, 0.1) is 18.2 Å². The van der Waals surface area contributed by atoms with Crippen molar-refractivity contribution in [3.8, 4) is 0 Å². The summed E-state index contributed by atoms with van der Waals surface area (Å²) < 4.78 is 55.4. The van der Waals surface area contributed by atoms with Gasteiger partial charge in [0.1, 0.15) is 23.6 Å². The highest BCUT2D eigenvalue weighted by atomic mass is 19.4. The van der Waals surface area contributed by atoms with E-state index in [1.165, 1.54) is 25.3 Å². The van der Waals surface area contributed by atoms with Crippen LogP contribution in [0.4, 0.5) is 23.2 Å². The highest BCUT2D eigenvalue weighted by molar-refractivity contribution is 6.01. The quantitative estimate of drug-likeness (QED) is 0.283. The van der Waals surface area contributed by atoms with E-state index in [2.05, 4.69) is 15.7 Å². The summed E-state index contributed by atoms with van der Waals surface area (Å²) >= 11 is 0. The van der Waals surface area contributed by atoms with E-state index in [4.69, 9.17) is 5.11 Å². The van der Waals surface area contributed by atoms with E-state index < -0.39 is 54.3 Å². The zero-order valence-electron chi connectivity index (χ0n) is 23.0. The molecule has 4 N–H and O–H groups in total. The second kappa shape index (κ2) is 12.2. The van der Waals surface area contributed by atoms with Crippen LogP contribution in [0.1, 0.15) is 74.5 Å². The third kappa shape index (κ3) is 7.24. The molecule has 1 heterocycles. The fraction of sp³-hybridized carbons (Fsp3) is 0.571. The number of hydrogen-bond donors (Lipinski definition) is 4. The Kier molecular flexibility index (Phi) is 9.05. The number of carbonyl (C=O) groups is 3. The van der Waals surface area contributed by atoms with Gasteiger partial charge in [0, 0.05) is 12.2 Å². The van der Waals surface area contributed by atoms with Crippen molar-refractivity contribution in [2.24, 2.45) is 17.8 Å². The summed E-state index contributed by atoms with van der Waals surface area (Å²) in [5.41, 5.74) is 0.198. The molecule has 0 radical (unpaired) electrons. The molecule has 0 spiro atoms. The van der Waals surface area contributed by atoms with Crippen molar-refractivity contribution < 1.29 is 37.1 Å². The van der Waals surface area contributed by atoms with E-state index >= 15 is 4.39 Å². The first-order chi connectivity index (χ1) is 19.3. The van der Waals surface area contributed by atoms with Gasteiger partial charge in [-0.05, 0) is 88.0 Å². The number of rotatable bonds is 12. The highest BCUT2D eigenvalue weighted by Crippen LogP contribution is 2.51. The van der Waals surface area contributed by atoms with Gasteiger partial charge < -0.3 is 21.1 Å². The molecule has 3 atom stereocenters. The molecule has 0 unspecified atom stereocenters. The first-order valence-corrected chi connectivity index (χ1v) is 13.7.